The second-order valence-corrected chi connectivity index (χ2v) is 4.49. The Labute approximate surface area is 107 Å². The van der Waals surface area contributed by atoms with E-state index in [1.165, 1.54) is 18.3 Å². The number of H-pyrrole nitrogens is 1. The Morgan fingerprint density at radius 3 is 2.78 bits per heavy atom. The fraction of sp³-hybridized carbons (Fsp3) is 0.538. The lowest BCUT2D eigenvalue weighted by Crippen LogP contribution is -2.28. The molecular formula is C13H20N2O3. The molecule has 100 valence electrons. The van der Waals surface area contributed by atoms with Crippen molar-refractivity contribution >= 4 is 5.91 Å². The summed E-state index contributed by atoms with van der Waals surface area (Å²) in [6.07, 6.45) is 2.42. The van der Waals surface area contributed by atoms with E-state index < -0.39 is 0 Å². The molecule has 5 heteroatoms. The maximum Gasteiger partial charge on any atom is 0.252 e. The predicted octanol–water partition coefficient (Wildman–Crippen LogP) is 1.17. The number of aromatic amines is 1. The lowest BCUT2D eigenvalue weighted by molar-refractivity contribution is 0.0905. The largest absolute Gasteiger partial charge is 0.380 e. The summed E-state index contributed by atoms with van der Waals surface area (Å²) in [7, 11) is 0. The molecule has 5 nitrogen and oxygen atoms in total. The second-order valence-electron chi connectivity index (χ2n) is 4.49. The molecule has 1 heterocycles. The van der Waals surface area contributed by atoms with Crippen molar-refractivity contribution in [2.75, 3.05) is 19.8 Å². The number of carbonyl (C=O) groups is 1. The molecule has 1 amide bonds. The zero-order chi connectivity index (χ0) is 13.4. The molecule has 0 aliphatic carbocycles. The Morgan fingerprint density at radius 1 is 1.39 bits per heavy atom. The third-order valence-corrected chi connectivity index (χ3v) is 2.42. The number of nitrogens with one attached hydrogen (secondary N) is 2. The van der Waals surface area contributed by atoms with Crippen molar-refractivity contribution < 1.29 is 9.53 Å². The lowest BCUT2D eigenvalue weighted by atomic mass is 10.1. The molecule has 0 unspecified atom stereocenters. The van der Waals surface area contributed by atoms with E-state index in [4.69, 9.17) is 4.74 Å². The Balaban J connectivity index is 2.17. The minimum Gasteiger partial charge on any atom is -0.380 e. The van der Waals surface area contributed by atoms with Crippen LogP contribution in [0.3, 0.4) is 0 Å². The molecule has 0 radical (unpaired) electrons. The second kappa shape index (κ2) is 7.66. The third kappa shape index (κ3) is 5.63. The Morgan fingerprint density at radius 2 is 2.17 bits per heavy atom. The summed E-state index contributed by atoms with van der Waals surface area (Å²) in [6, 6.07) is 2.82. The molecule has 1 aromatic rings. The van der Waals surface area contributed by atoms with E-state index in [-0.39, 0.29) is 11.5 Å². The van der Waals surface area contributed by atoms with Crippen molar-refractivity contribution in [1.29, 1.82) is 0 Å². The van der Waals surface area contributed by atoms with Crippen LogP contribution in [-0.2, 0) is 4.74 Å². The molecule has 0 spiro atoms. The van der Waals surface area contributed by atoms with Gasteiger partial charge in [-0.1, -0.05) is 13.8 Å². The van der Waals surface area contributed by atoms with Gasteiger partial charge in [0, 0.05) is 25.4 Å². The predicted molar refractivity (Wildman–Crippen MR) is 69.7 cm³/mol. The quantitative estimate of drug-likeness (QED) is 0.715. The van der Waals surface area contributed by atoms with Crippen molar-refractivity contribution in [3.05, 3.63) is 34.2 Å². The molecule has 0 fully saturated rings. The molecular weight excluding hydrogens is 232 g/mol. The van der Waals surface area contributed by atoms with Gasteiger partial charge in [0.1, 0.15) is 0 Å². The lowest BCUT2D eigenvalue weighted by Gasteiger charge is -2.07. The first-order chi connectivity index (χ1) is 8.59. The molecule has 0 bridgehead atoms. The van der Waals surface area contributed by atoms with Crippen molar-refractivity contribution in [3.63, 3.8) is 0 Å². The van der Waals surface area contributed by atoms with E-state index in [9.17, 15) is 9.59 Å². The smallest absolute Gasteiger partial charge is 0.252 e. The van der Waals surface area contributed by atoms with Gasteiger partial charge >= 0.3 is 0 Å². The van der Waals surface area contributed by atoms with Gasteiger partial charge in [-0.25, -0.2) is 0 Å². The van der Waals surface area contributed by atoms with Crippen LogP contribution in [0.25, 0.3) is 0 Å². The number of aromatic nitrogens is 1. The topological polar surface area (TPSA) is 71.2 Å². The zero-order valence-corrected chi connectivity index (χ0v) is 10.9. The van der Waals surface area contributed by atoms with E-state index in [1.807, 2.05) is 0 Å². The van der Waals surface area contributed by atoms with Crippen molar-refractivity contribution in [2.24, 2.45) is 5.92 Å². The maximum atomic E-state index is 11.6. The molecule has 18 heavy (non-hydrogen) atoms. The van der Waals surface area contributed by atoms with Gasteiger partial charge in [-0.15, -0.1) is 0 Å². The molecule has 0 saturated carbocycles. The van der Waals surface area contributed by atoms with E-state index >= 15 is 0 Å². The van der Waals surface area contributed by atoms with Crippen molar-refractivity contribution in [1.82, 2.24) is 10.3 Å². The van der Waals surface area contributed by atoms with Crippen LogP contribution < -0.4 is 10.9 Å². The van der Waals surface area contributed by atoms with Gasteiger partial charge in [0.05, 0.1) is 12.2 Å². The van der Waals surface area contributed by atoms with Gasteiger partial charge in [-0.2, -0.15) is 0 Å². The average Bonchev–Trinajstić information content (AvgIpc) is 2.34. The number of pyridine rings is 1. The first-order valence-electron chi connectivity index (χ1n) is 6.14. The highest BCUT2D eigenvalue weighted by Gasteiger charge is 2.03. The number of rotatable bonds is 7. The molecule has 1 rings (SSSR count). The van der Waals surface area contributed by atoms with Gasteiger partial charge in [-0.05, 0) is 18.4 Å². The van der Waals surface area contributed by atoms with Gasteiger partial charge in [0.2, 0.25) is 5.56 Å². The fourth-order valence-electron chi connectivity index (χ4n) is 1.31. The highest BCUT2D eigenvalue weighted by Crippen LogP contribution is 1.98. The van der Waals surface area contributed by atoms with E-state index in [2.05, 4.69) is 24.1 Å². The summed E-state index contributed by atoms with van der Waals surface area (Å²) in [5, 5.41) is 2.72. The highest BCUT2D eigenvalue weighted by atomic mass is 16.5. The van der Waals surface area contributed by atoms with E-state index in [0.29, 0.717) is 31.2 Å². The fourth-order valence-corrected chi connectivity index (χ4v) is 1.31. The third-order valence-electron chi connectivity index (χ3n) is 2.42. The zero-order valence-electron chi connectivity index (χ0n) is 10.9. The molecule has 0 aromatic carbocycles. The van der Waals surface area contributed by atoms with Gasteiger partial charge < -0.3 is 15.0 Å². The van der Waals surface area contributed by atoms with Crippen molar-refractivity contribution in [3.8, 4) is 0 Å². The first kappa shape index (κ1) is 14.4. The van der Waals surface area contributed by atoms with Gasteiger partial charge in [0.15, 0.2) is 0 Å². The van der Waals surface area contributed by atoms with Crippen molar-refractivity contribution in [2.45, 2.75) is 20.3 Å². The molecule has 0 saturated heterocycles. The summed E-state index contributed by atoms with van der Waals surface area (Å²) in [5.74, 6) is 0.416. The van der Waals surface area contributed by atoms with Crippen LogP contribution in [0.1, 0.15) is 30.6 Å². The summed E-state index contributed by atoms with van der Waals surface area (Å²) in [4.78, 5) is 24.9. The minimum absolute atomic E-state index is 0.210. The molecule has 0 aliphatic heterocycles. The SMILES string of the molecule is CC(C)CCOCCNC(=O)c1ccc(=O)[nH]c1. The summed E-state index contributed by atoms with van der Waals surface area (Å²) in [6.45, 7) is 5.96. The van der Waals surface area contributed by atoms with Crippen LogP contribution >= 0.6 is 0 Å². The van der Waals surface area contributed by atoms with Crippen LogP contribution in [0.5, 0.6) is 0 Å². The summed E-state index contributed by atoms with van der Waals surface area (Å²) < 4.78 is 5.38. The first-order valence-corrected chi connectivity index (χ1v) is 6.14. The van der Waals surface area contributed by atoms with Crippen LogP contribution in [0.4, 0.5) is 0 Å². The molecule has 2 N–H and O–H groups in total. The molecule has 0 atom stereocenters. The van der Waals surface area contributed by atoms with Crippen LogP contribution in [0, 0.1) is 5.92 Å². The standard InChI is InChI=1S/C13H20N2O3/c1-10(2)5-7-18-8-6-14-13(17)11-3-4-12(16)15-9-11/h3-4,9-10H,5-8H2,1-2H3,(H,14,17)(H,15,16). The van der Waals surface area contributed by atoms with Crippen LogP contribution in [-0.4, -0.2) is 30.6 Å². The highest BCUT2D eigenvalue weighted by molar-refractivity contribution is 5.93. The van der Waals surface area contributed by atoms with Gasteiger partial charge in [0.25, 0.3) is 5.91 Å². The van der Waals surface area contributed by atoms with Crippen LogP contribution in [0.2, 0.25) is 0 Å². The Hall–Kier alpha value is -1.62. The van der Waals surface area contributed by atoms with E-state index in [1.54, 1.807) is 0 Å². The molecule has 1 aromatic heterocycles. The number of hydrogen-bond acceptors (Lipinski definition) is 3. The summed E-state index contributed by atoms with van der Waals surface area (Å²) in [5.41, 5.74) is 0.223. The number of ether oxygens (including phenoxy) is 1. The Bertz CT molecular complexity index is 406. The minimum atomic E-state index is -0.219. The number of amides is 1. The van der Waals surface area contributed by atoms with Gasteiger partial charge in [-0.3, -0.25) is 9.59 Å². The normalized spacial score (nSPS) is 10.6. The molecule has 0 aliphatic rings. The number of carbonyl (C=O) groups excluding carboxylic acids is 1. The number of hydrogen-bond donors (Lipinski definition) is 2. The monoisotopic (exact) mass is 252 g/mol. The van der Waals surface area contributed by atoms with Crippen LogP contribution in [0.15, 0.2) is 23.1 Å². The maximum absolute atomic E-state index is 11.6. The summed E-state index contributed by atoms with van der Waals surface area (Å²) >= 11 is 0. The Kier molecular flexibility index (Phi) is 6.14. The average molecular weight is 252 g/mol. The van der Waals surface area contributed by atoms with E-state index in [0.717, 1.165) is 6.42 Å².